The van der Waals surface area contributed by atoms with Gasteiger partial charge in [-0.05, 0) is 49.1 Å². The summed E-state index contributed by atoms with van der Waals surface area (Å²) in [5.41, 5.74) is 6.91. The molecule has 20 heavy (non-hydrogen) atoms. The second-order valence-corrected chi connectivity index (χ2v) is 6.23. The van der Waals surface area contributed by atoms with Crippen molar-refractivity contribution in [3.8, 4) is 0 Å². The van der Waals surface area contributed by atoms with Gasteiger partial charge in [0.05, 0.1) is 4.92 Å². The van der Waals surface area contributed by atoms with E-state index < -0.39 is 4.92 Å². The molecule has 0 heterocycles. The maximum Gasteiger partial charge on any atom is 0.292 e. The first-order chi connectivity index (χ1) is 9.61. The van der Waals surface area contributed by atoms with E-state index in [1.54, 1.807) is 12.1 Å². The van der Waals surface area contributed by atoms with Crippen molar-refractivity contribution >= 4 is 11.4 Å². The highest BCUT2D eigenvalue weighted by atomic mass is 16.6. The van der Waals surface area contributed by atoms with Gasteiger partial charge in [0, 0.05) is 25.7 Å². The van der Waals surface area contributed by atoms with Crippen LogP contribution in [0.3, 0.4) is 0 Å². The van der Waals surface area contributed by atoms with Crippen LogP contribution in [-0.4, -0.2) is 22.9 Å². The Morgan fingerprint density at radius 1 is 1.20 bits per heavy atom. The summed E-state index contributed by atoms with van der Waals surface area (Å²) in [5, 5.41) is 10.9. The van der Waals surface area contributed by atoms with Gasteiger partial charge in [-0.3, -0.25) is 15.0 Å². The number of nitrogen functional groups attached to an aromatic ring is 1. The maximum atomic E-state index is 10.9. The van der Waals surface area contributed by atoms with Gasteiger partial charge in [0.1, 0.15) is 5.69 Å². The van der Waals surface area contributed by atoms with Crippen LogP contribution >= 0.6 is 0 Å². The monoisotopic (exact) mass is 275 g/mol. The summed E-state index contributed by atoms with van der Waals surface area (Å²) >= 11 is 0. The van der Waals surface area contributed by atoms with Crippen LogP contribution in [-0.2, 0) is 6.54 Å². The van der Waals surface area contributed by atoms with Gasteiger partial charge in [-0.1, -0.05) is 6.07 Å². The average molecular weight is 275 g/mol. The molecule has 1 aromatic rings. The number of hydrogen-bond donors (Lipinski definition) is 1. The number of benzene rings is 1. The average Bonchev–Trinajstić information content (AvgIpc) is 3.27. The molecule has 0 unspecified atom stereocenters. The van der Waals surface area contributed by atoms with Gasteiger partial charge < -0.3 is 5.73 Å². The van der Waals surface area contributed by atoms with Gasteiger partial charge in [0.2, 0.25) is 0 Å². The van der Waals surface area contributed by atoms with Crippen molar-refractivity contribution < 1.29 is 4.92 Å². The normalized spacial score (nSPS) is 18.4. The second-order valence-electron chi connectivity index (χ2n) is 6.23. The summed E-state index contributed by atoms with van der Waals surface area (Å²) in [6.07, 6.45) is 5.35. The second kappa shape index (κ2) is 5.40. The Bertz CT molecular complexity index is 496. The first-order valence-electron chi connectivity index (χ1n) is 7.37. The van der Waals surface area contributed by atoms with Crippen LogP contribution in [0.4, 0.5) is 11.4 Å². The van der Waals surface area contributed by atoms with Crippen LogP contribution in [0.15, 0.2) is 18.2 Å². The van der Waals surface area contributed by atoms with Gasteiger partial charge >= 0.3 is 0 Å². The molecule has 108 valence electrons. The minimum absolute atomic E-state index is 0.0280. The lowest BCUT2D eigenvalue weighted by molar-refractivity contribution is -0.384. The van der Waals surface area contributed by atoms with E-state index in [4.69, 9.17) is 5.73 Å². The summed E-state index contributed by atoms with van der Waals surface area (Å²) in [6, 6.07) is 5.19. The molecule has 2 saturated carbocycles. The van der Waals surface area contributed by atoms with Crippen molar-refractivity contribution in [3.63, 3.8) is 0 Å². The van der Waals surface area contributed by atoms with Crippen LogP contribution in [0.1, 0.15) is 31.2 Å². The zero-order chi connectivity index (χ0) is 14.1. The summed E-state index contributed by atoms with van der Waals surface area (Å²) < 4.78 is 0. The number of rotatable bonds is 7. The summed E-state index contributed by atoms with van der Waals surface area (Å²) in [5.74, 6) is 1.69. The quantitative estimate of drug-likeness (QED) is 0.472. The lowest BCUT2D eigenvalue weighted by atomic mass is 10.1. The van der Waals surface area contributed by atoms with Crippen molar-refractivity contribution in [1.82, 2.24) is 4.90 Å². The number of nitrogens with zero attached hydrogens (tertiary/aromatic N) is 2. The third kappa shape index (κ3) is 3.48. The predicted octanol–water partition coefficient (Wildman–Crippen LogP) is 2.80. The van der Waals surface area contributed by atoms with Crippen molar-refractivity contribution in [2.45, 2.75) is 32.2 Å². The van der Waals surface area contributed by atoms with E-state index in [-0.39, 0.29) is 11.4 Å². The molecule has 0 aliphatic heterocycles. The number of nitro benzene ring substituents is 1. The van der Waals surface area contributed by atoms with E-state index in [9.17, 15) is 10.1 Å². The molecule has 5 nitrogen and oxygen atoms in total. The van der Waals surface area contributed by atoms with Crippen molar-refractivity contribution in [3.05, 3.63) is 33.9 Å². The molecule has 0 bridgehead atoms. The van der Waals surface area contributed by atoms with Crippen LogP contribution in [0.5, 0.6) is 0 Å². The Kier molecular flexibility index (Phi) is 3.61. The molecular weight excluding hydrogens is 254 g/mol. The number of hydrogen-bond acceptors (Lipinski definition) is 4. The third-order valence-electron chi connectivity index (χ3n) is 4.12. The van der Waals surface area contributed by atoms with Crippen molar-refractivity contribution in [2.75, 3.05) is 18.8 Å². The molecule has 2 aliphatic rings. The summed E-state index contributed by atoms with van der Waals surface area (Å²) in [6.45, 7) is 3.07. The van der Waals surface area contributed by atoms with Crippen LogP contribution in [0.2, 0.25) is 0 Å². The van der Waals surface area contributed by atoms with Crippen molar-refractivity contribution in [2.24, 2.45) is 11.8 Å². The SMILES string of the molecule is Nc1ccc(CN(CC2CC2)CC2CC2)cc1[N+](=O)[O-]. The Morgan fingerprint density at radius 2 is 1.80 bits per heavy atom. The molecule has 3 rings (SSSR count). The van der Waals surface area contributed by atoms with Gasteiger partial charge in [0.25, 0.3) is 5.69 Å². The number of nitro groups is 1. The lowest BCUT2D eigenvalue weighted by Gasteiger charge is -2.22. The Hall–Kier alpha value is -1.62. The fourth-order valence-corrected chi connectivity index (χ4v) is 2.64. The van der Waals surface area contributed by atoms with E-state index in [0.717, 1.165) is 37.0 Å². The van der Waals surface area contributed by atoms with E-state index in [0.29, 0.717) is 0 Å². The zero-order valence-electron chi connectivity index (χ0n) is 11.6. The highest BCUT2D eigenvalue weighted by molar-refractivity contribution is 5.59. The summed E-state index contributed by atoms with van der Waals surface area (Å²) in [7, 11) is 0. The van der Waals surface area contributed by atoms with Gasteiger partial charge in [-0.25, -0.2) is 0 Å². The van der Waals surface area contributed by atoms with Crippen LogP contribution in [0, 0.1) is 22.0 Å². The van der Waals surface area contributed by atoms with Crippen molar-refractivity contribution in [1.29, 1.82) is 0 Å². The molecule has 0 saturated heterocycles. The largest absolute Gasteiger partial charge is 0.393 e. The molecule has 0 amide bonds. The molecule has 0 radical (unpaired) electrons. The predicted molar refractivity (Wildman–Crippen MR) is 78.2 cm³/mol. The maximum absolute atomic E-state index is 10.9. The number of anilines is 1. The molecule has 5 heteroatoms. The van der Waals surface area contributed by atoms with E-state index in [1.165, 1.54) is 25.7 Å². The molecular formula is C15H21N3O2. The van der Waals surface area contributed by atoms with Gasteiger partial charge in [0.15, 0.2) is 0 Å². The molecule has 0 aromatic heterocycles. The molecule has 1 aromatic carbocycles. The first-order valence-corrected chi connectivity index (χ1v) is 7.37. The summed E-state index contributed by atoms with van der Waals surface area (Å²) in [4.78, 5) is 13.0. The standard InChI is InChI=1S/C15H21N3O2/c16-14-6-5-13(7-15(14)18(19)20)10-17(8-11-1-2-11)9-12-3-4-12/h5-7,11-12H,1-4,8-10,16H2. The highest BCUT2D eigenvalue weighted by Gasteiger charge is 2.29. The highest BCUT2D eigenvalue weighted by Crippen LogP contribution is 2.34. The van der Waals surface area contributed by atoms with Gasteiger partial charge in [-0.15, -0.1) is 0 Å². The zero-order valence-corrected chi connectivity index (χ0v) is 11.6. The topological polar surface area (TPSA) is 72.4 Å². The molecule has 0 spiro atoms. The van der Waals surface area contributed by atoms with E-state index in [2.05, 4.69) is 4.90 Å². The third-order valence-corrected chi connectivity index (χ3v) is 4.12. The fraction of sp³-hybridized carbons (Fsp3) is 0.600. The Morgan fingerprint density at radius 3 is 2.30 bits per heavy atom. The smallest absolute Gasteiger partial charge is 0.292 e. The molecule has 2 aliphatic carbocycles. The Balaban J connectivity index is 1.69. The number of nitrogens with two attached hydrogens (primary N) is 1. The minimum atomic E-state index is -0.398. The molecule has 0 atom stereocenters. The fourth-order valence-electron chi connectivity index (χ4n) is 2.64. The molecule has 2 N–H and O–H groups in total. The van der Waals surface area contributed by atoms with Gasteiger partial charge in [-0.2, -0.15) is 0 Å². The van der Waals surface area contributed by atoms with Crippen LogP contribution in [0.25, 0.3) is 0 Å². The van der Waals surface area contributed by atoms with E-state index >= 15 is 0 Å². The molecule has 2 fully saturated rings. The lowest BCUT2D eigenvalue weighted by Crippen LogP contribution is -2.27. The Labute approximate surface area is 118 Å². The first kappa shape index (κ1) is 13.4. The van der Waals surface area contributed by atoms with Crippen LogP contribution < -0.4 is 5.73 Å². The minimum Gasteiger partial charge on any atom is -0.393 e. The van der Waals surface area contributed by atoms with E-state index in [1.807, 2.05) is 6.07 Å².